The van der Waals surface area contributed by atoms with Gasteiger partial charge in [-0.1, -0.05) is 170 Å². The Labute approximate surface area is 298 Å². The second kappa shape index (κ2) is 13.3. The smallest absolute Gasteiger partial charge is 0.138 e. The van der Waals surface area contributed by atoms with Gasteiger partial charge in [0.15, 0.2) is 0 Å². The van der Waals surface area contributed by atoms with Crippen LogP contribution in [0.3, 0.4) is 0 Å². The molecule has 0 amide bonds. The summed E-state index contributed by atoms with van der Waals surface area (Å²) in [5.74, 6) is 0.869. The molecule has 240 valence electrons. The minimum absolute atomic E-state index is 0.869. The molecule has 0 fully saturated rings. The number of rotatable bonds is 7. The summed E-state index contributed by atoms with van der Waals surface area (Å²) in [7, 11) is 0. The van der Waals surface area contributed by atoms with Gasteiger partial charge in [-0.3, -0.25) is 4.90 Å². The fraction of sp³-hybridized carbons (Fsp3) is 0. The molecule has 2 heteroatoms. The van der Waals surface area contributed by atoms with Crippen LogP contribution in [0.5, 0.6) is 0 Å². The van der Waals surface area contributed by atoms with Gasteiger partial charge < -0.3 is 0 Å². The Morgan fingerprint density at radius 1 is 0.275 bits per heavy atom. The van der Waals surface area contributed by atoms with Crippen molar-refractivity contribution in [1.29, 1.82) is 0 Å². The van der Waals surface area contributed by atoms with Crippen LogP contribution in [-0.4, -0.2) is 4.98 Å². The topological polar surface area (TPSA) is 16.1 Å². The highest BCUT2D eigenvalue weighted by molar-refractivity contribution is 6.21. The first-order valence-corrected chi connectivity index (χ1v) is 17.4. The van der Waals surface area contributed by atoms with Gasteiger partial charge in [-0.2, -0.15) is 0 Å². The molecule has 9 aromatic rings. The molecule has 2 nitrogen and oxygen atoms in total. The lowest BCUT2D eigenvalue weighted by Gasteiger charge is -2.25. The van der Waals surface area contributed by atoms with E-state index in [9.17, 15) is 0 Å². The molecule has 1 aromatic heterocycles. The molecule has 0 N–H and O–H groups in total. The molecule has 0 aliphatic carbocycles. The predicted octanol–water partition coefficient (Wildman–Crippen LogP) is 13.5. The molecular weight excluding hydrogens is 617 g/mol. The van der Waals surface area contributed by atoms with Gasteiger partial charge in [-0.05, 0) is 91.3 Å². The fourth-order valence-electron chi connectivity index (χ4n) is 7.30. The minimum Gasteiger partial charge on any atom is -0.295 e. The molecule has 1 heterocycles. The van der Waals surface area contributed by atoms with Crippen LogP contribution in [0, 0.1) is 0 Å². The van der Waals surface area contributed by atoms with Crippen molar-refractivity contribution in [2.75, 3.05) is 4.90 Å². The lowest BCUT2D eigenvalue weighted by molar-refractivity contribution is 1.18. The Bertz CT molecular complexity index is 2540. The zero-order chi connectivity index (χ0) is 34.0. The average Bonchev–Trinajstić information content (AvgIpc) is 3.22. The van der Waals surface area contributed by atoms with E-state index in [0.717, 1.165) is 28.5 Å². The first-order chi connectivity index (χ1) is 25.3. The number of benzene rings is 8. The van der Waals surface area contributed by atoms with E-state index in [1.165, 1.54) is 54.9 Å². The van der Waals surface area contributed by atoms with Gasteiger partial charge in [0.2, 0.25) is 0 Å². The lowest BCUT2D eigenvalue weighted by Crippen LogP contribution is -2.11. The van der Waals surface area contributed by atoms with Gasteiger partial charge in [0.1, 0.15) is 5.82 Å². The summed E-state index contributed by atoms with van der Waals surface area (Å²) in [5.41, 5.74) is 11.5. The minimum atomic E-state index is 0.869. The standard InChI is InChI=1S/C49H34N2/c1-4-15-35(16-5-1)36-27-29-38(30-28-36)48-42-21-10-12-23-44(42)49(45-24-13-11-22-43(45)48)39-31-33-41(34-32-39)51(40-19-8-3-9-20-40)47-26-14-25-46(50-47)37-17-6-2-7-18-37/h1-34H. The highest BCUT2D eigenvalue weighted by Gasteiger charge is 2.18. The molecule has 0 atom stereocenters. The Morgan fingerprint density at radius 2 is 0.667 bits per heavy atom. The maximum Gasteiger partial charge on any atom is 0.138 e. The molecule has 0 radical (unpaired) electrons. The molecule has 0 aliphatic heterocycles. The van der Waals surface area contributed by atoms with Crippen molar-refractivity contribution >= 4 is 38.7 Å². The molecule has 9 rings (SSSR count). The molecule has 0 spiro atoms. The molecule has 8 aromatic carbocycles. The van der Waals surface area contributed by atoms with Crippen molar-refractivity contribution < 1.29 is 0 Å². The molecule has 0 saturated carbocycles. The van der Waals surface area contributed by atoms with Crippen molar-refractivity contribution in [1.82, 2.24) is 4.98 Å². The average molecular weight is 651 g/mol. The van der Waals surface area contributed by atoms with E-state index in [1.54, 1.807) is 0 Å². The quantitative estimate of drug-likeness (QED) is 0.160. The highest BCUT2D eigenvalue weighted by Crippen LogP contribution is 2.44. The maximum absolute atomic E-state index is 5.15. The van der Waals surface area contributed by atoms with Gasteiger partial charge in [-0.15, -0.1) is 0 Å². The summed E-state index contributed by atoms with van der Waals surface area (Å²) < 4.78 is 0. The maximum atomic E-state index is 5.15. The Balaban J connectivity index is 1.17. The Kier molecular flexibility index (Phi) is 7.88. The van der Waals surface area contributed by atoms with Crippen molar-refractivity contribution in [2.24, 2.45) is 0 Å². The number of para-hydroxylation sites is 1. The van der Waals surface area contributed by atoms with Crippen LogP contribution in [-0.2, 0) is 0 Å². The number of hydrogen-bond acceptors (Lipinski definition) is 2. The van der Waals surface area contributed by atoms with E-state index in [2.05, 4.69) is 205 Å². The third-order valence-corrected chi connectivity index (χ3v) is 9.67. The van der Waals surface area contributed by atoms with Crippen LogP contribution < -0.4 is 4.90 Å². The Hall–Kier alpha value is -6.77. The van der Waals surface area contributed by atoms with Crippen molar-refractivity contribution in [2.45, 2.75) is 0 Å². The zero-order valence-electron chi connectivity index (χ0n) is 28.0. The zero-order valence-corrected chi connectivity index (χ0v) is 28.0. The first-order valence-electron chi connectivity index (χ1n) is 17.4. The number of aromatic nitrogens is 1. The van der Waals surface area contributed by atoms with E-state index in [1.807, 2.05) is 6.07 Å². The van der Waals surface area contributed by atoms with E-state index in [-0.39, 0.29) is 0 Å². The van der Waals surface area contributed by atoms with Gasteiger partial charge >= 0.3 is 0 Å². The van der Waals surface area contributed by atoms with Crippen LogP contribution in [0.2, 0.25) is 0 Å². The SMILES string of the molecule is c1ccc(-c2ccc(-c3c4ccccc4c(-c4ccc(N(c5ccccc5)c5cccc(-c6ccccc6)n5)cc4)c4ccccc34)cc2)cc1. The van der Waals surface area contributed by atoms with Crippen molar-refractivity contribution in [3.8, 4) is 44.6 Å². The van der Waals surface area contributed by atoms with E-state index < -0.39 is 0 Å². The predicted molar refractivity (Wildman–Crippen MR) is 216 cm³/mol. The van der Waals surface area contributed by atoms with E-state index >= 15 is 0 Å². The summed E-state index contributed by atoms with van der Waals surface area (Å²) in [4.78, 5) is 7.38. The Morgan fingerprint density at radius 3 is 1.20 bits per heavy atom. The molecule has 0 unspecified atom stereocenters. The summed E-state index contributed by atoms with van der Waals surface area (Å²) >= 11 is 0. The van der Waals surface area contributed by atoms with Gasteiger partial charge in [0.05, 0.1) is 5.69 Å². The van der Waals surface area contributed by atoms with E-state index in [4.69, 9.17) is 4.98 Å². The second-order valence-electron chi connectivity index (χ2n) is 12.7. The fourth-order valence-corrected chi connectivity index (χ4v) is 7.30. The molecule has 0 saturated heterocycles. The van der Waals surface area contributed by atoms with Crippen LogP contribution in [0.1, 0.15) is 0 Å². The normalized spacial score (nSPS) is 11.1. The molecule has 0 bridgehead atoms. The molecule has 51 heavy (non-hydrogen) atoms. The van der Waals surface area contributed by atoms with Crippen LogP contribution in [0.15, 0.2) is 206 Å². The largest absolute Gasteiger partial charge is 0.295 e. The summed E-state index contributed by atoms with van der Waals surface area (Å²) in [6.07, 6.45) is 0. The first kappa shape index (κ1) is 30.3. The van der Waals surface area contributed by atoms with Gasteiger partial charge in [0.25, 0.3) is 0 Å². The second-order valence-corrected chi connectivity index (χ2v) is 12.7. The number of nitrogens with zero attached hydrogens (tertiary/aromatic N) is 2. The monoisotopic (exact) mass is 650 g/mol. The van der Waals surface area contributed by atoms with Crippen LogP contribution in [0.25, 0.3) is 66.2 Å². The third-order valence-electron chi connectivity index (χ3n) is 9.67. The molecular formula is C49H34N2. The summed E-state index contributed by atoms with van der Waals surface area (Å²) in [6, 6.07) is 73.3. The van der Waals surface area contributed by atoms with Crippen molar-refractivity contribution in [3.05, 3.63) is 206 Å². The van der Waals surface area contributed by atoms with Crippen LogP contribution in [0.4, 0.5) is 17.2 Å². The number of hydrogen-bond donors (Lipinski definition) is 0. The van der Waals surface area contributed by atoms with Gasteiger partial charge in [-0.25, -0.2) is 4.98 Å². The number of fused-ring (bicyclic) bond motifs is 2. The van der Waals surface area contributed by atoms with E-state index in [0.29, 0.717) is 0 Å². The summed E-state index contributed by atoms with van der Waals surface area (Å²) in [6.45, 7) is 0. The van der Waals surface area contributed by atoms with Gasteiger partial charge in [0, 0.05) is 16.9 Å². The number of pyridine rings is 1. The highest BCUT2D eigenvalue weighted by atomic mass is 15.2. The van der Waals surface area contributed by atoms with Crippen molar-refractivity contribution in [3.63, 3.8) is 0 Å². The lowest BCUT2D eigenvalue weighted by atomic mass is 9.85. The third kappa shape index (κ3) is 5.73. The molecule has 0 aliphatic rings. The van der Waals surface area contributed by atoms with Crippen LogP contribution >= 0.6 is 0 Å². The number of anilines is 3. The summed E-state index contributed by atoms with van der Waals surface area (Å²) in [5, 5.41) is 4.97.